The van der Waals surface area contributed by atoms with E-state index in [0.717, 1.165) is 37.5 Å². The molecule has 1 amide bonds. The van der Waals surface area contributed by atoms with Crippen molar-refractivity contribution in [1.29, 1.82) is 0 Å². The molecule has 3 aromatic heterocycles. The summed E-state index contributed by atoms with van der Waals surface area (Å²) in [5, 5.41) is 10.9. The molecule has 0 unspecified atom stereocenters. The fourth-order valence-corrected chi connectivity index (χ4v) is 2.96. The third-order valence-corrected chi connectivity index (χ3v) is 4.68. The first-order valence-corrected chi connectivity index (χ1v) is 8.36. The fraction of sp³-hybridized carbons (Fsp3) is 0.412. The Morgan fingerprint density at radius 3 is 2.96 bits per heavy atom. The van der Waals surface area contributed by atoms with Crippen LogP contribution >= 0.6 is 0 Å². The molecule has 0 aromatic carbocycles. The van der Waals surface area contributed by atoms with Crippen molar-refractivity contribution >= 4 is 11.6 Å². The van der Waals surface area contributed by atoms with Crippen LogP contribution < -0.4 is 5.32 Å². The quantitative estimate of drug-likeness (QED) is 0.730. The molecule has 1 fully saturated rings. The number of amides is 1. The predicted molar refractivity (Wildman–Crippen MR) is 89.9 cm³/mol. The second kappa shape index (κ2) is 6.29. The van der Waals surface area contributed by atoms with Gasteiger partial charge in [0.1, 0.15) is 5.65 Å². The number of hydrogen-bond donors (Lipinski definition) is 1. The zero-order valence-corrected chi connectivity index (χ0v) is 14.1. The molecule has 130 valence electrons. The third kappa shape index (κ3) is 3.12. The maximum absolute atomic E-state index is 12.3. The molecule has 0 spiro atoms. The van der Waals surface area contributed by atoms with Crippen LogP contribution in [0.3, 0.4) is 0 Å². The molecule has 1 N–H and O–H groups in total. The van der Waals surface area contributed by atoms with Gasteiger partial charge in [-0.2, -0.15) is 0 Å². The summed E-state index contributed by atoms with van der Waals surface area (Å²) in [5.74, 6) is -0.251. The smallest absolute Gasteiger partial charge is 0.273 e. The van der Waals surface area contributed by atoms with Gasteiger partial charge in [-0.3, -0.25) is 9.48 Å². The van der Waals surface area contributed by atoms with E-state index in [-0.39, 0.29) is 11.3 Å². The highest BCUT2D eigenvalue weighted by Gasteiger charge is 2.37. The lowest BCUT2D eigenvalue weighted by atomic mass is 9.83. The third-order valence-electron chi connectivity index (χ3n) is 4.68. The Bertz CT molecular complexity index is 857. The number of nitrogens with zero attached hydrogens (tertiary/aromatic N) is 5. The largest absolute Gasteiger partial charge is 0.380 e. The number of ether oxygens (including phenoxy) is 1. The molecule has 1 aliphatic heterocycles. The van der Waals surface area contributed by atoms with Gasteiger partial charge in [0, 0.05) is 17.8 Å². The van der Waals surface area contributed by atoms with Crippen LogP contribution in [0.4, 0.5) is 0 Å². The first-order chi connectivity index (χ1) is 12.2. The summed E-state index contributed by atoms with van der Waals surface area (Å²) < 4.78 is 8.97. The highest BCUT2D eigenvalue weighted by Crippen LogP contribution is 2.32. The van der Waals surface area contributed by atoms with Crippen molar-refractivity contribution in [2.75, 3.05) is 13.2 Å². The molecule has 0 radical (unpaired) electrons. The van der Waals surface area contributed by atoms with Gasteiger partial charge < -0.3 is 14.5 Å². The van der Waals surface area contributed by atoms with Crippen molar-refractivity contribution in [2.24, 2.45) is 5.41 Å². The molecule has 0 atom stereocenters. The van der Waals surface area contributed by atoms with E-state index in [0.29, 0.717) is 12.2 Å². The van der Waals surface area contributed by atoms with Crippen LogP contribution in [-0.2, 0) is 17.8 Å². The average molecular weight is 340 g/mol. The van der Waals surface area contributed by atoms with Crippen molar-refractivity contribution in [3.8, 4) is 0 Å². The molecule has 1 saturated heterocycles. The Labute approximate surface area is 144 Å². The molecule has 4 rings (SSSR count). The zero-order chi connectivity index (χ0) is 17.3. The van der Waals surface area contributed by atoms with Gasteiger partial charge in [0.25, 0.3) is 5.91 Å². The van der Waals surface area contributed by atoms with Gasteiger partial charge in [-0.1, -0.05) is 18.2 Å². The molecule has 0 bridgehead atoms. The van der Waals surface area contributed by atoms with Crippen LogP contribution in [0, 0.1) is 5.41 Å². The highest BCUT2D eigenvalue weighted by molar-refractivity contribution is 5.91. The van der Waals surface area contributed by atoms with Gasteiger partial charge in [-0.25, -0.2) is 4.98 Å². The second-order valence-electron chi connectivity index (χ2n) is 6.53. The summed E-state index contributed by atoms with van der Waals surface area (Å²) in [4.78, 5) is 16.7. The molecule has 8 nitrogen and oxygen atoms in total. The minimum absolute atomic E-state index is 0.123. The summed E-state index contributed by atoms with van der Waals surface area (Å²) in [6, 6.07) is 5.79. The number of nitrogens with one attached hydrogen (secondary N) is 1. The van der Waals surface area contributed by atoms with E-state index in [4.69, 9.17) is 4.74 Å². The normalized spacial score (nSPS) is 15.9. The molecular formula is C17H20N6O2. The SMILES string of the molecule is CCC1(Cn2cc(C(=O)NCc3cn4ccccc4n3)nn2)COC1. The Kier molecular flexibility index (Phi) is 3.96. The number of pyridine rings is 1. The molecule has 25 heavy (non-hydrogen) atoms. The van der Waals surface area contributed by atoms with Crippen LogP contribution in [0.15, 0.2) is 36.8 Å². The zero-order valence-electron chi connectivity index (χ0n) is 14.1. The Morgan fingerprint density at radius 2 is 2.24 bits per heavy atom. The maximum Gasteiger partial charge on any atom is 0.273 e. The average Bonchev–Trinajstić information content (AvgIpc) is 3.22. The van der Waals surface area contributed by atoms with Gasteiger partial charge in [0.15, 0.2) is 5.69 Å². The molecule has 0 saturated carbocycles. The highest BCUT2D eigenvalue weighted by atomic mass is 16.5. The summed E-state index contributed by atoms with van der Waals surface area (Å²) in [5.41, 5.74) is 2.09. The number of carbonyl (C=O) groups is 1. The van der Waals surface area contributed by atoms with Crippen molar-refractivity contribution in [3.05, 3.63) is 48.2 Å². The lowest BCUT2D eigenvalue weighted by Gasteiger charge is -2.40. The summed E-state index contributed by atoms with van der Waals surface area (Å²) in [6.07, 6.45) is 6.53. The van der Waals surface area contributed by atoms with Crippen molar-refractivity contribution in [1.82, 2.24) is 29.7 Å². The molecule has 1 aliphatic rings. The molecular weight excluding hydrogens is 320 g/mol. The number of carbonyl (C=O) groups excluding carboxylic acids is 1. The monoisotopic (exact) mass is 340 g/mol. The lowest BCUT2D eigenvalue weighted by Crippen LogP contribution is -2.45. The van der Waals surface area contributed by atoms with E-state index in [2.05, 4.69) is 27.5 Å². The van der Waals surface area contributed by atoms with E-state index < -0.39 is 0 Å². The first kappa shape index (κ1) is 15.8. The van der Waals surface area contributed by atoms with E-state index in [1.54, 1.807) is 10.9 Å². The minimum atomic E-state index is -0.251. The summed E-state index contributed by atoms with van der Waals surface area (Å²) in [6.45, 7) is 4.68. The van der Waals surface area contributed by atoms with Gasteiger partial charge in [0.05, 0.1) is 38.2 Å². The number of fused-ring (bicyclic) bond motifs is 1. The Balaban J connectivity index is 1.38. The van der Waals surface area contributed by atoms with Crippen LogP contribution in [0.25, 0.3) is 5.65 Å². The van der Waals surface area contributed by atoms with E-state index in [9.17, 15) is 4.79 Å². The maximum atomic E-state index is 12.3. The predicted octanol–water partition coefficient (Wildman–Crippen LogP) is 1.28. The molecule has 8 heteroatoms. The first-order valence-electron chi connectivity index (χ1n) is 8.36. The number of rotatable bonds is 6. The van der Waals surface area contributed by atoms with Crippen molar-refractivity contribution in [3.63, 3.8) is 0 Å². The van der Waals surface area contributed by atoms with E-state index in [1.807, 2.05) is 35.0 Å². The molecule has 3 aromatic rings. The van der Waals surface area contributed by atoms with Crippen LogP contribution in [0.1, 0.15) is 29.5 Å². The second-order valence-corrected chi connectivity index (χ2v) is 6.53. The lowest BCUT2D eigenvalue weighted by molar-refractivity contribution is -0.125. The standard InChI is InChI=1S/C17H20N6O2/c1-2-17(11-25-12-17)10-23-9-14(20-21-23)16(24)18-7-13-8-22-6-4-3-5-15(22)19-13/h3-6,8-9H,2,7,10-12H2,1H3,(H,18,24). The number of imidazole rings is 1. The topological polar surface area (TPSA) is 86.3 Å². The number of aromatic nitrogens is 5. The van der Waals surface area contributed by atoms with Crippen LogP contribution in [-0.4, -0.2) is 43.5 Å². The molecule has 4 heterocycles. The number of hydrogen-bond acceptors (Lipinski definition) is 5. The minimum Gasteiger partial charge on any atom is -0.380 e. The molecule has 0 aliphatic carbocycles. The summed E-state index contributed by atoms with van der Waals surface area (Å²) in [7, 11) is 0. The summed E-state index contributed by atoms with van der Waals surface area (Å²) >= 11 is 0. The van der Waals surface area contributed by atoms with Gasteiger partial charge in [-0.05, 0) is 18.6 Å². The van der Waals surface area contributed by atoms with Gasteiger partial charge in [0.2, 0.25) is 0 Å². The van der Waals surface area contributed by atoms with Crippen LogP contribution in [0.2, 0.25) is 0 Å². The Morgan fingerprint density at radius 1 is 1.36 bits per heavy atom. The van der Waals surface area contributed by atoms with Crippen molar-refractivity contribution < 1.29 is 9.53 Å². The van der Waals surface area contributed by atoms with Gasteiger partial charge >= 0.3 is 0 Å². The Hall–Kier alpha value is -2.74. The van der Waals surface area contributed by atoms with Crippen molar-refractivity contribution in [2.45, 2.75) is 26.4 Å². The van der Waals surface area contributed by atoms with E-state index >= 15 is 0 Å². The fourth-order valence-electron chi connectivity index (χ4n) is 2.96. The van der Waals surface area contributed by atoms with E-state index in [1.165, 1.54) is 0 Å². The van der Waals surface area contributed by atoms with Crippen LogP contribution in [0.5, 0.6) is 0 Å². The van der Waals surface area contributed by atoms with Gasteiger partial charge in [-0.15, -0.1) is 5.10 Å².